The van der Waals surface area contributed by atoms with E-state index in [4.69, 9.17) is 4.74 Å². The van der Waals surface area contributed by atoms with Crippen molar-refractivity contribution in [3.05, 3.63) is 59.7 Å². The molecule has 24 heavy (non-hydrogen) atoms. The zero-order valence-electron chi connectivity index (χ0n) is 14.0. The van der Waals surface area contributed by atoms with Crippen LogP contribution in [0.3, 0.4) is 0 Å². The van der Waals surface area contributed by atoms with E-state index in [9.17, 15) is 4.79 Å². The molecule has 0 aromatic heterocycles. The van der Waals surface area contributed by atoms with Crippen LogP contribution in [0.5, 0.6) is 5.75 Å². The molecule has 126 valence electrons. The van der Waals surface area contributed by atoms with Crippen LogP contribution in [-0.4, -0.2) is 18.5 Å². The van der Waals surface area contributed by atoms with Crippen molar-refractivity contribution in [2.75, 3.05) is 11.9 Å². The lowest BCUT2D eigenvalue weighted by Crippen LogP contribution is -2.43. The molecule has 4 heteroatoms. The standard InChI is InChI=1S/C20H24N2O2/c1-15-16(14-24-17-9-3-2-4-10-17)8-7-12-18(15)22-20(23)19-11-5-6-13-21-19/h2-4,7-10,12,19,21H,5-6,11,13-14H2,1H3,(H,22,23). The fraction of sp³-hybridized carbons (Fsp3) is 0.350. The summed E-state index contributed by atoms with van der Waals surface area (Å²) >= 11 is 0. The van der Waals surface area contributed by atoms with E-state index in [0.29, 0.717) is 6.61 Å². The number of piperidine rings is 1. The zero-order chi connectivity index (χ0) is 16.8. The van der Waals surface area contributed by atoms with Gasteiger partial charge in [0.1, 0.15) is 12.4 Å². The Hall–Kier alpha value is -2.33. The van der Waals surface area contributed by atoms with E-state index in [1.807, 2.05) is 55.5 Å². The Labute approximate surface area is 143 Å². The van der Waals surface area contributed by atoms with Crippen molar-refractivity contribution in [2.24, 2.45) is 0 Å². The highest BCUT2D eigenvalue weighted by molar-refractivity contribution is 5.95. The van der Waals surface area contributed by atoms with Gasteiger partial charge in [0.25, 0.3) is 0 Å². The summed E-state index contributed by atoms with van der Waals surface area (Å²) in [6.07, 6.45) is 3.16. The molecule has 1 atom stereocenters. The van der Waals surface area contributed by atoms with Crippen LogP contribution < -0.4 is 15.4 Å². The highest BCUT2D eigenvalue weighted by Gasteiger charge is 2.21. The molecule has 0 bridgehead atoms. The van der Waals surface area contributed by atoms with E-state index in [-0.39, 0.29) is 11.9 Å². The molecule has 1 saturated heterocycles. The lowest BCUT2D eigenvalue weighted by molar-refractivity contribution is -0.118. The first-order valence-corrected chi connectivity index (χ1v) is 8.54. The lowest BCUT2D eigenvalue weighted by atomic mass is 10.0. The third-order valence-corrected chi connectivity index (χ3v) is 4.47. The predicted octanol–water partition coefficient (Wildman–Crippen LogP) is 3.65. The zero-order valence-corrected chi connectivity index (χ0v) is 14.0. The van der Waals surface area contributed by atoms with E-state index in [2.05, 4.69) is 10.6 Å². The van der Waals surface area contributed by atoms with Crippen molar-refractivity contribution in [2.45, 2.75) is 38.8 Å². The Morgan fingerprint density at radius 1 is 1.17 bits per heavy atom. The summed E-state index contributed by atoms with van der Waals surface area (Å²) in [6, 6.07) is 15.6. The minimum atomic E-state index is -0.0811. The maximum atomic E-state index is 12.4. The molecule has 3 rings (SSSR count). The molecule has 1 aliphatic rings. The first kappa shape index (κ1) is 16.5. The Bertz CT molecular complexity index is 679. The van der Waals surface area contributed by atoms with Gasteiger partial charge in [-0.25, -0.2) is 0 Å². The van der Waals surface area contributed by atoms with Gasteiger partial charge in [-0.3, -0.25) is 4.79 Å². The molecule has 2 aromatic carbocycles. The van der Waals surface area contributed by atoms with E-state index >= 15 is 0 Å². The van der Waals surface area contributed by atoms with Crippen molar-refractivity contribution >= 4 is 11.6 Å². The second-order valence-electron chi connectivity index (χ2n) is 6.18. The topological polar surface area (TPSA) is 50.4 Å². The number of carbonyl (C=O) groups excluding carboxylic acids is 1. The summed E-state index contributed by atoms with van der Waals surface area (Å²) in [7, 11) is 0. The monoisotopic (exact) mass is 324 g/mol. The highest BCUT2D eigenvalue weighted by Crippen LogP contribution is 2.22. The summed E-state index contributed by atoms with van der Waals surface area (Å²) in [5.74, 6) is 0.900. The second kappa shape index (κ2) is 7.97. The largest absolute Gasteiger partial charge is 0.489 e. The van der Waals surface area contributed by atoms with Crippen LogP contribution in [-0.2, 0) is 11.4 Å². The average Bonchev–Trinajstić information content (AvgIpc) is 2.64. The van der Waals surface area contributed by atoms with Crippen LogP contribution >= 0.6 is 0 Å². The van der Waals surface area contributed by atoms with Crippen LogP contribution in [0.15, 0.2) is 48.5 Å². The number of para-hydroxylation sites is 1. The van der Waals surface area contributed by atoms with Gasteiger partial charge in [-0.2, -0.15) is 0 Å². The van der Waals surface area contributed by atoms with Gasteiger partial charge < -0.3 is 15.4 Å². The molecule has 1 aliphatic heterocycles. The molecule has 2 aromatic rings. The SMILES string of the molecule is Cc1c(COc2ccccc2)cccc1NC(=O)C1CCCCN1. The molecule has 0 spiro atoms. The molecule has 0 radical (unpaired) electrons. The van der Waals surface area contributed by atoms with E-state index in [1.165, 1.54) is 0 Å². The van der Waals surface area contributed by atoms with Gasteiger partial charge in [0, 0.05) is 5.69 Å². The van der Waals surface area contributed by atoms with Gasteiger partial charge in [0.05, 0.1) is 6.04 Å². The van der Waals surface area contributed by atoms with E-state index in [0.717, 1.165) is 48.4 Å². The Balaban J connectivity index is 1.65. The van der Waals surface area contributed by atoms with Gasteiger partial charge in [0.2, 0.25) is 5.91 Å². The third kappa shape index (κ3) is 4.15. The highest BCUT2D eigenvalue weighted by atomic mass is 16.5. The van der Waals surface area contributed by atoms with Crippen molar-refractivity contribution < 1.29 is 9.53 Å². The summed E-state index contributed by atoms with van der Waals surface area (Å²) in [5, 5.41) is 6.34. The van der Waals surface area contributed by atoms with E-state index < -0.39 is 0 Å². The number of carbonyl (C=O) groups is 1. The maximum absolute atomic E-state index is 12.4. The summed E-state index contributed by atoms with van der Waals surface area (Å²) in [6.45, 7) is 3.43. The molecule has 0 saturated carbocycles. The Morgan fingerprint density at radius 3 is 2.75 bits per heavy atom. The van der Waals surface area contributed by atoms with Crippen LogP contribution in [0, 0.1) is 6.92 Å². The van der Waals surface area contributed by atoms with Gasteiger partial charge in [-0.05, 0) is 55.6 Å². The molecular weight excluding hydrogens is 300 g/mol. The van der Waals surface area contributed by atoms with Gasteiger partial charge in [-0.15, -0.1) is 0 Å². The van der Waals surface area contributed by atoms with Crippen molar-refractivity contribution in [3.8, 4) is 5.75 Å². The number of ether oxygens (including phenoxy) is 1. The molecule has 2 N–H and O–H groups in total. The first-order valence-electron chi connectivity index (χ1n) is 8.54. The van der Waals surface area contributed by atoms with Crippen molar-refractivity contribution in [1.29, 1.82) is 0 Å². The van der Waals surface area contributed by atoms with Gasteiger partial charge in [-0.1, -0.05) is 36.8 Å². The number of amides is 1. The molecular formula is C20H24N2O2. The number of anilines is 1. The Kier molecular flexibility index (Phi) is 5.49. The van der Waals surface area contributed by atoms with Gasteiger partial charge in [0.15, 0.2) is 0 Å². The summed E-state index contributed by atoms with van der Waals surface area (Å²) < 4.78 is 5.82. The summed E-state index contributed by atoms with van der Waals surface area (Å²) in [5.41, 5.74) is 2.99. The van der Waals surface area contributed by atoms with Crippen LogP contribution in [0.4, 0.5) is 5.69 Å². The third-order valence-electron chi connectivity index (χ3n) is 4.47. The van der Waals surface area contributed by atoms with Crippen molar-refractivity contribution in [1.82, 2.24) is 5.32 Å². The number of benzene rings is 2. The smallest absolute Gasteiger partial charge is 0.241 e. The minimum Gasteiger partial charge on any atom is -0.489 e. The Morgan fingerprint density at radius 2 is 2.00 bits per heavy atom. The second-order valence-corrected chi connectivity index (χ2v) is 6.18. The normalized spacial score (nSPS) is 17.3. The van der Waals surface area contributed by atoms with Gasteiger partial charge >= 0.3 is 0 Å². The molecule has 1 heterocycles. The molecule has 0 aliphatic carbocycles. The van der Waals surface area contributed by atoms with Crippen LogP contribution in [0.2, 0.25) is 0 Å². The number of hydrogen-bond acceptors (Lipinski definition) is 3. The first-order chi connectivity index (χ1) is 11.7. The fourth-order valence-electron chi connectivity index (χ4n) is 2.95. The minimum absolute atomic E-state index is 0.0546. The summed E-state index contributed by atoms with van der Waals surface area (Å²) in [4.78, 5) is 12.4. The lowest BCUT2D eigenvalue weighted by Gasteiger charge is -2.23. The molecule has 1 unspecified atom stereocenters. The van der Waals surface area contributed by atoms with Crippen LogP contribution in [0.25, 0.3) is 0 Å². The molecule has 1 amide bonds. The van der Waals surface area contributed by atoms with Crippen LogP contribution in [0.1, 0.15) is 30.4 Å². The predicted molar refractivity (Wildman–Crippen MR) is 96.2 cm³/mol. The molecule has 4 nitrogen and oxygen atoms in total. The maximum Gasteiger partial charge on any atom is 0.241 e. The average molecular weight is 324 g/mol. The number of hydrogen-bond donors (Lipinski definition) is 2. The van der Waals surface area contributed by atoms with E-state index in [1.54, 1.807) is 0 Å². The number of rotatable bonds is 5. The molecule has 1 fully saturated rings. The van der Waals surface area contributed by atoms with Crippen molar-refractivity contribution in [3.63, 3.8) is 0 Å². The number of nitrogens with one attached hydrogen (secondary N) is 2. The quantitative estimate of drug-likeness (QED) is 0.882. The fourth-order valence-corrected chi connectivity index (χ4v) is 2.95.